The molecular formula is C18H25N3O3S. The molecule has 4 heterocycles. The standard InChI is InChI=1S/C18H25N3O3S/c1-13-16(25-12-19-13)17(23)20-6-4-18(5-7-20)9-15(22)21(11-18)10-14-3-2-8-24-14/h12,14H,2-11H2,1H3. The van der Waals surface area contributed by atoms with E-state index in [2.05, 4.69) is 4.98 Å². The second-order valence-corrected chi connectivity index (χ2v) is 8.50. The number of piperidine rings is 1. The van der Waals surface area contributed by atoms with Crippen LogP contribution in [-0.4, -0.2) is 65.5 Å². The number of amides is 2. The van der Waals surface area contributed by atoms with Crippen LogP contribution in [0.5, 0.6) is 0 Å². The highest BCUT2D eigenvalue weighted by molar-refractivity contribution is 7.11. The van der Waals surface area contributed by atoms with E-state index in [9.17, 15) is 9.59 Å². The number of hydrogen-bond acceptors (Lipinski definition) is 5. The van der Waals surface area contributed by atoms with Crippen LogP contribution in [-0.2, 0) is 9.53 Å². The molecule has 2 amide bonds. The molecule has 1 spiro atoms. The van der Waals surface area contributed by atoms with Crippen LogP contribution in [0.1, 0.15) is 47.5 Å². The van der Waals surface area contributed by atoms with Gasteiger partial charge >= 0.3 is 0 Å². The predicted molar refractivity (Wildman–Crippen MR) is 94.6 cm³/mol. The molecule has 6 nitrogen and oxygen atoms in total. The lowest BCUT2D eigenvalue weighted by Crippen LogP contribution is -2.44. The molecule has 0 aromatic carbocycles. The van der Waals surface area contributed by atoms with Gasteiger partial charge in [0.25, 0.3) is 5.91 Å². The molecule has 4 rings (SSSR count). The van der Waals surface area contributed by atoms with Gasteiger partial charge in [-0.3, -0.25) is 9.59 Å². The Bertz CT molecular complexity index is 660. The van der Waals surface area contributed by atoms with Gasteiger partial charge in [0.05, 0.1) is 17.3 Å². The Morgan fingerprint density at radius 1 is 1.44 bits per heavy atom. The molecule has 1 atom stereocenters. The Morgan fingerprint density at radius 3 is 2.88 bits per heavy atom. The highest BCUT2D eigenvalue weighted by Crippen LogP contribution is 2.41. The van der Waals surface area contributed by atoms with E-state index in [4.69, 9.17) is 4.74 Å². The van der Waals surface area contributed by atoms with Crippen molar-refractivity contribution in [1.29, 1.82) is 0 Å². The molecule has 7 heteroatoms. The molecule has 3 fully saturated rings. The summed E-state index contributed by atoms with van der Waals surface area (Å²) in [6.07, 6.45) is 4.82. The fraction of sp³-hybridized carbons (Fsp3) is 0.722. The third-order valence-electron chi connectivity index (χ3n) is 5.90. The van der Waals surface area contributed by atoms with Crippen LogP contribution >= 0.6 is 11.3 Å². The van der Waals surface area contributed by atoms with Crippen molar-refractivity contribution in [3.05, 3.63) is 16.1 Å². The summed E-state index contributed by atoms with van der Waals surface area (Å²) in [5, 5.41) is 0. The molecule has 136 valence electrons. The van der Waals surface area contributed by atoms with Crippen molar-refractivity contribution in [2.75, 3.05) is 32.8 Å². The predicted octanol–water partition coefficient (Wildman–Crippen LogP) is 2.09. The van der Waals surface area contributed by atoms with Gasteiger partial charge in [0, 0.05) is 44.6 Å². The number of carbonyl (C=O) groups excluding carboxylic acids is 2. The van der Waals surface area contributed by atoms with Crippen LogP contribution in [0.3, 0.4) is 0 Å². The van der Waals surface area contributed by atoms with Gasteiger partial charge in [-0.1, -0.05) is 0 Å². The van der Waals surface area contributed by atoms with Crippen LogP contribution < -0.4 is 0 Å². The maximum atomic E-state index is 12.6. The highest BCUT2D eigenvalue weighted by atomic mass is 32.1. The van der Waals surface area contributed by atoms with Crippen LogP contribution in [0.2, 0.25) is 0 Å². The molecule has 1 aromatic rings. The number of aromatic nitrogens is 1. The van der Waals surface area contributed by atoms with Gasteiger partial charge < -0.3 is 14.5 Å². The largest absolute Gasteiger partial charge is 0.376 e. The second kappa shape index (κ2) is 6.68. The third kappa shape index (κ3) is 3.31. The summed E-state index contributed by atoms with van der Waals surface area (Å²) in [5.74, 6) is 0.351. The second-order valence-electron chi connectivity index (χ2n) is 7.65. The summed E-state index contributed by atoms with van der Waals surface area (Å²) in [4.78, 5) is 34.0. The van der Waals surface area contributed by atoms with E-state index in [1.165, 1.54) is 11.3 Å². The Labute approximate surface area is 152 Å². The molecule has 25 heavy (non-hydrogen) atoms. The average Bonchev–Trinajstić information content (AvgIpc) is 3.31. The van der Waals surface area contributed by atoms with E-state index in [0.717, 1.165) is 69.0 Å². The zero-order valence-electron chi connectivity index (χ0n) is 14.7. The van der Waals surface area contributed by atoms with Crippen LogP contribution in [0.4, 0.5) is 0 Å². The lowest BCUT2D eigenvalue weighted by atomic mass is 9.77. The number of rotatable bonds is 3. The summed E-state index contributed by atoms with van der Waals surface area (Å²) >= 11 is 1.41. The average molecular weight is 363 g/mol. The lowest BCUT2D eigenvalue weighted by molar-refractivity contribution is -0.129. The molecule has 0 radical (unpaired) electrons. The topological polar surface area (TPSA) is 62.7 Å². The smallest absolute Gasteiger partial charge is 0.265 e. The first kappa shape index (κ1) is 17.0. The zero-order valence-corrected chi connectivity index (χ0v) is 15.5. The third-order valence-corrected chi connectivity index (χ3v) is 6.82. The zero-order chi connectivity index (χ0) is 17.4. The number of hydrogen-bond donors (Lipinski definition) is 0. The van der Waals surface area contributed by atoms with Gasteiger partial charge in [0.1, 0.15) is 4.88 Å². The molecule has 1 aromatic heterocycles. The molecule has 0 saturated carbocycles. The fourth-order valence-corrected chi connectivity index (χ4v) is 5.12. The van der Waals surface area contributed by atoms with E-state index in [1.54, 1.807) is 5.51 Å². The van der Waals surface area contributed by atoms with Crippen molar-refractivity contribution in [3.8, 4) is 0 Å². The Kier molecular flexibility index (Phi) is 4.54. The Morgan fingerprint density at radius 2 is 2.24 bits per heavy atom. The summed E-state index contributed by atoms with van der Waals surface area (Å²) in [6, 6.07) is 0. The summed E-state index contributed by atoms with van der Waals surface area (Å²) in [6.45, 7) is 5.74. The first-order valence-corrected chi connectivity index (χ1v) is 10.0. The maximum Gasteiger partial charge on any atom is 0.265 e. The molecular weight excluding hydrogens is 338 g/mol. The van der Waals surface area contributed by atoms with E-state index >= 15 is 0 Å². The Balaban J connectivity index is 1.35. The van der Waals surface area contributed by atoms with Crippen LogP contribution in [0, 0.1) is 12.3 Å². The lowest BCUT2D eigenvalue weighted by Gasteiger charge is -2.38. The van der Waals surface area contributed by atoms with E-state index in [-0.39, 0.29) is 23.3 Å². The number of carbonyl (C=O) groups is 2. The number of nitrogens with zero attached hydrogens (tertiary/aromatic N) is 3. The number of likely N-dealkylation sites (tertiary alicyclic amines) is 2. The molecule has 3 aliphatic heterocycles. The molecule has 1 unspecified atom stereocenters. The van der Waals surface area contributed by atoms with Gasteiger partial charge in [-0.2, -0.15) is 0 Å². The SMILES string of the molecule is Cc1ncsc1C(=O)N1CCC2(CC1)CC(=O)N(CC1CCCO1)C2. The van der Waals surface area contributed by atoms with Gasteiger partial charge in [-0.25, -0.2) is 4.98 Å². The maximum absolute atomic E-state index is 12.6. The number of aryl methyl sites for hydroxylation is 1. The fourth-order valence-electron chi connectivity index (χ4n) is 4.35. The van der Waals surface area contributed by atoms with Gasteiger partial charge in [-0.05, 0) is 32.6 Å². The monoisotopic (exact) mass is 363 g/mol. The van der Waals surface area contributed by atoms with Crippen molar-refractivity contribution in [1.82, 2.24) is 14.8 Å². The van der Waals surface area contributed by atoms with Crippen LogP contribution in [0.15, 0.2) is 5.51 Å². The first-order valence-electron chi connectivity index (χ1n) is 9.15. The van der Waals surface area contributed by atoms with Crippen molar-refractivity contribution in [2.45, 2.75) is 45.1 Å². The molecule has 3 aliphatic rings. The minimum absolute atomic E-state index is 0.0508. The van der Waals surface area contributed by atoms with E-state index in [1.807, 2.05) is 16.7 Å². The van der Waals surface area contributed by atoms with E-state index in [0.29, 0.717) is 6.42 Å². The molecule has 3 saturated heterocycles. The first-order chi connectivity index (χ1) is 12.1. The van der Waals surface area contributed by atoms with Crippen molar-refractivity contribution in [2.24, 2.45) is 5.41 Å². The van der Waals surface area contributed by atoms with Crippen molar-refractivity contribution >= 4 is 23.2 Å². The number of thiazole rings is 1. The van der Waals surface area contributed by atoms with E-state index < -0.39 is 0 Å². The summed E-state index contributed by atoms with van der Waals surface area (Å²) in [5.41, 5.74) is 2.59. The van der Waals surface area contributed by atoms with Gasteiger partial charge in [0.2, 0.25) is 5.91 Å². The summed E-state index contributed by atoms with van der Waals surface area (Å²) in [7, 11) is 0. The molecule has 0 N–H and O–H groups in total. The van der Waals surface area contributed by atoms with Crippen molar-refractivity contribution in [3.63, 3.8) is 0 Å². The van der Waals surface area contributed by atoms with Crippen molar-refractivity contribution < 1.29 is 14.3 Å². The minimum Gasteiger partial charge on any atom is -0.376 e. The van der Waals surface area contributed by atoms with Gasteiger partial charge in [0.15, 0.2) is 0 Å². The normalized spacial score (nSPS) is 26.0. The Hall–Kier alpha value is -1.47. The summed E-state index contributed by atoms with van der Waals surface area (Å²) < 4.78 is 5.69. The molecule has 0 bridgehead atoms. The number of ether oxygens (including phenoxy) is 1. The molecule has 0 aliphatic carbocycles. The van der Waals surface area contributed by atoms with Crippen LogP contribution in [0.25, 0.3) is 0 Å². The minimum atomic E-state index is 0.0508. The highest BCUT2D eigenvalue weighted by Gasteiger charge is 2.46. The quantitative estimate of drug-likeness (QED) is 0.825. The van der Waals surface area contributed by atoms with Gasteiger partial charge in [-0.15, -0.1) is 11.3 Å².